The minimum absolute atomic E-state index is 0.105. The van der Waals surface area contributed by atoms with E-state index in [4.69, 9.17) is 9.84 Å². The molecule has 0 aromatic rings. The van der Waals surface area contributed by atoms with Crippen LogP contribution in [0.2, 0.25) is 0 Å². The maximum atomic E-state index is 12.3. The molecule has 6 nitrogen and oxygen atoms in total. The molecule has 0 bridgehead atoms. The number of carboxylic acids is 1. The maximum Gasteiger partial charge on any atom is 0.319 e. The molecule has 1 aliphatic heterocycles. The van der Waals surface area contributed by atoms with Crippen molar-refractivity contribution in [3.05, 3.63) is 0 Å². The standard InChI is InChI=1S/C14H26N2O4/c1-4-16(9-11(2)13(17)18)14(19)15(3)10-12-7-5-6-8-20-12/h11-12H,4-10H2,1-3H3,(H,17,18). The van der Waals surface area contributed by atoms with Crippen LogP contribution >= 0.6 is 0 Å². The van der Waals surface area contributed by atoms with Gasteiger partial charge in [-0.2, -0.15) is 0 Å². The highest BCUT2D eigenvalue weighted by Crippen LogP contribution is 2.14. The number of aliphatic carboxylic acids is 1. The zero-order valence-corrected chi connectivity index (χ0v) is 12.7. The summed E-state index contributed by atoms with van der Waals surface area (Å²) in [5.74, 6) is -1.44. The van der Waals surface area contributed by atoms with E-state index in [-0.39, 0.29) is 18.7 Å². The minimum atomic E-state index is -0.880. The first kappa shape index (κ1) is 16.8. The molecule has 2 atom stereocenters. The van der Waals surface area contributed by atoms with Gasteiger partial charge in [-0.05, 0) is 26.2 Å². The van der Waals surface area contributed by atoms with E-state index in [0.717, 1.165) is 25.9 Å². The number of urea groups is 1. The number of nitrogens with zero attached hydrogens (tertiary/aromatic N) is 2. The summed E-state index contributed by atoms with van der Waals surface area (Å²) in [4.78, 5) is 26.4. The highest BCUT2D eigenvalue weighted by molar-refractivity contribution is 5.76. The number of hydrogen-bond acceptors (Lipinski definition) is 3. The fraction of sp³-hybridized carbons (Fsp3) is 0.857. The third-order valence-corrected chi connectivity index (χ3v) is 3.65. The average molecular weight is 286 g/mol. The van der Waals surface area contributed by atoms with E-state index < -0.39 is 11.9 Å². The van der Waals surface area contributed by atoms with E-state index in [2.05, 4.69) is 0 Å². The molecule has 2 unspecified atom stereocenters. The van der Waals surface area contributed by atoms with Gasteiger partial charge < -0.3 is 19.6 Å². The van der Waals surface area contributed by atoms with Crippen LogP contribution in [0.25, 0.3) is 0 Å². The fourth-order valence-electron chi connectivity index (χ4n) is 2.33. The van der Waals surface area contributed by atoms with Crippen molar-refractivity contribution >= 4 is 12.0 Å². The van der Waals surface area contributed by atoms with Gasteiger partial charge in [0.25, 0.3) is 0 Å². The van der Waals surface area contributed by atoms with Gasteiger partial charge in [-0.25, -0.2) is 4.79 Å². The quantitative estimate of drug-likeness (QED) is 0.806. The molecule has 0 saturated carbocycles. The van der Waals surface area contributed by atoms with E-state index in [9.17, 15) is 9.59 Å². The predicted molar refractivity (Wildman–Crippen MR) is 75.7 cm³/mol. The molecule has 1 rings (SSSR count). The van der Waals surface area contributed by atoms with Gasteiger partial charge in [-0.3, -0.25) is 4.79 Å². The number of carboxylic acid groups (broad SMARTS) is 1. The van der Waals surface area contributed by atoms with Crippen molar-refractivity contribution in [2.45, 2.75) is 39.2 Å². The van der Waals surface area contributed by atoms with Crippen molar-refractivity contribution in [2.24, 2.45) is 5.92 Å². The van der Waals surface area contributed by atoms with Crippen LogP contribution < -0.4 is 0 Å². The molecular formula is C14H26N2O4. The maximum absolute atomic E-state index is 12.3. The van der Waals surface area contributed by atoms with Crippen LogP contribution in [0.3, 0.4) is 0 Å². The van der Waals surface area contributed by atoms with Gasteiger partial charge in [0.05, 0.1) is 12.0 Å². The van der Waals surface area contributed by atoms with E-state index >= 15 is 0 Å². The van der Waals surface area contributed by atoms with E-state index in [1.54, 1.807) is 23.8 Å². The number of amides is 2. The number of hydrogen-bond donors (Lipinski definition) is 1. The zero-order valence-electron chi connectivity index (χ0n) is 12.7. The predicted octanol–water partition coefficient (Wildman–Crippen LogP) is 1.65. The Morgan fingerprint density at radius 2 is 2.10 bits per heavy atom. The number of likely N-dealkylation sites (N-methyl/N-ethyl adjacent to an activating group) is 1. The van der Waals surface area contributed by atoms with Crippen molar-refractivity contribution in [2.75, 3.05) is 33.3 Å². The van der Waals surface area contributed by atoms with Gasteiger partial charge in [-0.15, -0.1) is 0 Å². The molecule has 20 heavy (non-hydrogen) atoms. The lowest BCUT2D eigenvalue weighted by molar-refractivity contribution is -0.141. The topological polar surface area (TPSA) is 70.1 Å². The Hall–Kier alpha value is -1.30. The van der Waals surface area contributed by atoms with E-state index in [0.29, 0.717) is 13.1 Å². The molecule has 116 valence electrons. The van der Waals surface area contributed by atoms with Crippen molar-refractivity contribution in [1.29, 1.82) is 0 Å². The molecule has 2 amide bonds. The van der Waals surface area contributed by atoms with Gasteiger partial charge in [0.1, 0.15) is 0 Å². The summed E-state index contributed by atoms with van der Waals surface area (Å²) in [6, 6.07) is -0.130. The third-order valence-electron chi connectivity index (χ3n) is 3.65. The molecular weight excluding hydrogens is 260 g/mol. The highest BCUT2D eigenvalue weighted by Gasteiger charge is 2.24. The van der Waals surface area contributed by atoms with Crippen molar-refractivity contribution < 1.29 is 19.4 Å². The van der Waals surface area contributed by atoms with Crippen LogP contribution in [-0.4, -0.2) is 66.3 Å². The van der Waals surface area contributed by atoms with E-state index in [1.165, 1.54) is 0 Å². The zero-order chi connectivity index (χ0) is 15.1. The second-order valence-electron chi connectivity index (χ2n) is 5.43. The highest BCUT2D eigenvalue weighted by atomic mass is 16.5. The summed E-state index contributed by atoms with van der Waals surface area (Å²) < 4.78 is 5.62. The van der Waals surface area contributed by atoms with Crippen LogP contribution in [0.5, 0.6) is 0 Å². The molecule has 1 N–H and O–H groups in total. The Balaban J connectivity index is 2.49. The van der Waals surface area contributed by atoms with Gasteiger partial charge in [0.15, 0.2) is 0 Å². The van der Waals surface area contributed by atoms with Crippen LogP contribution in [0, 0.1) is 5.92 Å². The lowest BCUT2D eigenvalue weighted by atomic mass is 10.1. The smallest absolute Gasteiger partial charge is 0.319 e. The lowest BCUT2D eigenvalue weighted by Gasteiger charge is -2.32. The van der Waals surface area contributed by atoms with Crippen molar-refractivity contribution in [3.63, 3.8) is 0 Å². The number of ether oxygens (including phenoxy) is 1. The van der Waals surface area contributed by atoms with Gasteiger partial charge >= 0.3 is 12.0 Å². The van der Waals surface area contributed by atoms with Crippen molar-refractivity contribution in [3.8, 4) is 0 Å². The Morgan fingerprint density at radius 3 is 2.60 bits per heavy atom. The first-order valence-electron chi connectivity index (χ1n) is 7.30. The SMILES string of the molecule is CCN(CC(C)C(=O)O)C(=O)N(C)CC1CCCCO1. The van der Waals surface area contributed by atoms with Crippen molar-refractivity contribution in [1.82, 2.24) is 9.80 Å². The molecule has 0 aliphatic carbocycles. The molecule has 1 heterocycles. The molecule has 6 heteroatoms. The second-order valence-corrected chi connectivity index (χ2v) is 5.43. The summed E-state index contributed by atoms with van der Waals surface area (Å²) in [6.45, 7) is 5.55. The fourth-order valence-corrected chi connectivity index (χ4v) is 2.33. The first-order valence-corrected chi connectivity index (χ1v) is 7.30. The monoisotopic (exact) mass is 286 g/mol. The summed E-state index contributed by atoms with van der Waals surface area (Å²) >= 11 is 0. The second kappa shape index (κ2) is 8.09. The van der Waals surface area contributed by atoms with Gasteiger partial charge in [0, 0.05) is 33.3 Å². The van der Waals surface area contributed by atoms with E-state index in [1.807, 2.05) is 6.92 Å². The molecule has 0 radical (unpaired) electrons. The number of carbonyl (C=O) groups is 2. The molecule has 1 fully saturated rings. The average Bonchev–Trinajstić information content (AvgIpc) is 2.44. The Morgan fingerprint density at radius 1 is 1.40 bits per heavy atom. The Bertz CT molecular complexity index is 329. The Kier molecular flexibility index (Phi) is 6.78. The first-order chi connectivity index (χ1) is 9.45. The number of rotatable bonds is 6. The lowest BCUT2D eigenvalue weighted by Crippen LogP contribution is -2.47. The molecule has 0 spiro atoms. The summed E-state index contributed by atoms with van der Waals surface area (Å²) in [6.07, 6.45) is 3.31. The van der Waals surface area contributed by atoms with Crippen LogP contribution in [-0.2, 0) is 9.53 Å². The molecule has 0 aromatic carbocycles. The van der Waals surface area contributed by atoms with Crippen LogP contribution in [0.1, 0.15) is 33.1 Å². The van der Waals surface area contributed by atoms with Crippen LogP contribution in [0.4, 0.5) is 4.79 Å². The Labute approximate surface area is 120 Å². The molecule has 1 saturated heterocycles. The third kappa shape index (κ3) is 5.00. The van der Waals surface area contributed by atoms with Crippen LogP contribution in [0.15, 0.2) is 0 Å². The molecule has 0 aromatic heterocycles. The largest absolute Gasteiger partial charge is 0.481 e. The summed E-state index contributed by atoms with van der Waals surface area (Å²) in [5, 5.41) is 8.94. The van der Waals surface area contributed by atoms with Gasteiger partial charge in [-0.1, -0.05) is 6.92 Å². The summed E-state index contributed by atoms with van der Waals surface area (Å²) in [5.41, 5.74) is 0. The van der Waals surface area contributed by atoms with Gasteiger partial charge in [0.2, 0.25) is 0 Å². The minimum Gasteiger partial charge on any atom is -0.481 e. The number of carbonyl (C=O) groups excluding carboxylic acids is 1. The normalized spacial score (nSPS) is 20.2. The summed E-state index contributed by atoms with van der Waals surface area (Å²) in [7, 11) is 1.74. The molecule has 1 aliphatic rings.